The highest BCUT2D eigenvalue weighted by atomic mass is 35.5. The predicted octanol–water partition coefficient (Wildman–Crippen LogP) is 2.66. The van der Waals surface area contributed by atoms with Gasteiger partial charge in [-0.25, -0.2) is 13.1 Å². The zero-order valence-corrected chi connectivity index (χ0v) is 15.0. The van der Waals surface area contributed by atoms with Crippen LogP contribution < -0.4 is 4.72 Å². The Morgan fingerprint density at radius 1 is 1.19 bits per heavy atom. The average Bonchev–Trinajstić information content (AvgIpc) is 2.60. The second-order valence-electron chi connectivity index (χ2n) is 5.15. The smallest absolute Gasteiger partial charge is 0.307 e. The van der Waals surface area contributed by atoms with E-state index >= 15 is 0 Å². The van der Waals surface area contributed by atoms with Crippen LogP contribution in [0.4, 0.5) is 5.69 Å². The van der Waals surface area contributed by atoms with Crippen molar-refractivity contribution in [2.24, 2.45) is 0 Å². The van der Waals surface area contributed by atoms with Crippen molar-refractivity contribution in [1.29, 1.82) is 0 Å². The number of nitrogens with one attached hydrogen (secondary N) is 1. The van der Waals surface area contributed by atoms with E-state index in [9.17, 15) is 23.3 Å². The van der Waals surface area contributed by atoms with Gasteiger partial charge in [0.1, 0.15) is 6.61 Å². The van der Waals surface area contributed by atoms with Gasteiger partial charge in [0.25, 0.3) is 5.69 Å². The number of benzene rings is 2. The van der Waals surface area contributed by atoms with Gasteiger partial charge in [-0.2, -0.15) is 0 Å². The van der Waals surface area contributed by atoms with Crippen LogP contribution in [0.2, 0.25) is 5.02 Å². The summed E-state index contributed by atoms with van der Waals surface area (Å²) in [4.78, 5) is 22.0. The van der Waals surface area contributed by atoms with Crippen molar-refractivity contribution < 1.29 is 22.9 Å². The first-order valence-corrected chi connectivity index (χ1v) is 9.29. The zero-order valence-electron chi connectivity index (χ0n) is 13.4. The number of hydrogen-bond donors (Lipinski definition) is 1. The third-order valence-corrected chi connectivity index (χ3v) is 5.00. The van der Waals surface area contributed by atoms with Gasteiger partial charge in [-0.05, 0) is 24.3 Å². The summed E-state index contributed by atoms with van der Waals surface area (Å²) >= 11 is 5.76. The fourth-order valence-corrected chi connectivity index (χ4v) is 3.38. The van der Waals surface area contributed by atoms with E-state index in [1.54, 1.807) is 12.1 Å². The lowest BCUT2D eigenvalue weighted by Crippen LogP contribution is -2.26. The number of para-hydroxylation sites is 1. The lowest BCUT2D eigenvalue weighted by Gasteiger charge is -2.08. The summed E-state index contributed by atoms with van der Waals surface area (Å²) in [6, 6.07) is 11.6. The standard InChI is InChI=1S/C16H15ClN2O6S/c17-13-5-3-6-14(10-13)26(23,24)18-9-8-16(20)25-11-12-4-1-2-7-15(12)19(21)22/h1-7,10,18H,8-9,11H2. The predicted molar refractivity (Wildman–Crippen MR) is 94.1 cm³/mol. The normalized spacial score (nSPS) is 11.1. The molecule has 138 valence electrons. The van der Waals surface area contributed by atoms with Gasteiger partial charge in [0.2, 0.25) is 10.0 Å². The van der Waals surface area contributed by atoms with Gasteiger partial charge >= 0.3 is 5.97 Å². The van der Waals surface area contributed by atoms with Crippen LogP contribution in [-0.4, -0.2) is 25.9 Å². The minimum Gasteiger partial charge on any atom is -0.460 e. The van der Waals surface area contributed by atoms with Crippen molar-refractivity contribution in [3.63, 3.8) is 0 Å². The first kappa shape index (κ1) is 19.8. The van der Waals surface area contributed by atoms with Crippen molar-refractivity contribution in [1.82, 2.24) is 4.72 Å². The maximum Gasteiger partial charge on any atom is 0.307 e. The third kappa shape index (κ3) is 5.51. The van der Waals surface area contributed by atoms with Gasteiger partial charge in [-0.3, -0.25) is 14.9 Å². The molecular weight excluding hydrogens is 384 g/mol. The molecule has 0 heterocycles. The molecular formula is C16H15ClN2O6S. The van der Waals surface area contributed by atoms with E-state index in [1.165, 1.54) is 36.4 Å². The highest BCUT2D eigenvalue weighted by Gasteiger charge is 2.16. The number of ether oxygens (including phenoxy) is 1. The first-order chi connectivity index (χ1) is 12.3. The van der Waals surface area contributed by atoms with E-state index in [2.05, 4.69) is 4.72 Å². The number of nitrogens with zero attached hydrogens (tertiary/aromatic N) is 1. The molecule has 0 aliphatic rings. The molecule has 0 spiro atoms. The van der Waals surface area contributed by atoms with Crippen LogP contribution in [0.3, 0.4) is 0 Å². The molecule has 0 unspecified atom stereocenters. The molecule has 0 aromatic heterocycles. The van der Waals surface area contributed by atoms with E-state index in [1.807, 2.05) is 0 Å². The first-order valence-electron chi connectivity index (χ1n) is 7.43. The minimum absolute atomic E-state index is 0.0155. The van der Waals surface area contributed by atoms with Crippen LogP contribution >= 0.6 is 11.6 Å². The molecule has 0 aliphatic heterocycles. The van der Waals surface area contributed by atoms with E-state index in [4.69, 9.17) is 16.3 Å². The number of halogens is 1. The summed E-state index contributed by atoms with van der Waals surface area (Å²) in [5, 5.41) is 11.2. The lowest BCUT2D eigenvalue weighted by molar-refractivity contribution is -0.385. The molecule has 0 fully saturated rings. The van der Waals surface area contributed by atoms with Gasteiger partial charge in [-0.15, -0.1) is 0 Å². The van der Waals surface area contributed by atoms with Crippen LogP contribution in [0.5, 0.6) is 0 Å². The third-order valence-electron chi connectivity index (χ3n) is 3.30. The van der Waals surface area contributed by atoms with Gasteiger partial charge < -0.3 is 4.74 Å². The molecule has 2 aromatic rings. The Morgan fingerprint density at radius 2 is 1.92 bits per heavy atom. The van der Waals surface area contributed by atoms with Crippen LogP contribution in [0.1, 0.15) is 12.0 Å². The summed E-state index contributed by atoms with van der Waals surface area (Å²) in [6.45, 7) is -0.443. The number of carbonyl (C=O) groups excluding carboxylic acids is 1. The van der Waals surface area contributed by atoms with Gasteiger partial charge in [0.05, 0.1) is 21.8 Å². The summed E-state index contributed by atoms with van der Waals surface area (Å²) in [5.41, 5.74) is 0.104. The highest BCUT2D eigenvalue weighted by Crippen LogP contribution is 2.18. The maximum atomic E-state index is 12.1. The largest absolute Gasteiger partial charge is 0.460 e. The number of sulfonamides is 1. The molecule has 0 bridgehead atoms. The number of esters is 1. The van der Waals surface area contributed by atoms with Crippen molar-refractivity contribution in [3.05, 3.63) is 69.2 Å². The zero-order chi connectivity index (χ0) is 19.2. The molecule has 2 rings (SSSR count). The Balaban J connectivity index is 1.85. The van der Waals surface area contributed by atoms with E-state index in [-0.39, 0.29) is 40.7 Å². The fraction of sp³-hybridized carbons (Fsp3) is 0.188. The van der Waals surface area contributed by atoms with E-state index in [0.717, 1.165) is 0 Å². The molecule has 0 amide bonds. The second-order valence-corrected chi connectivity index (χ2v) is 7.36. The van der Waals surface area contributed by atoms with E-state index in [0.29, 0.717) is 0 Å². The molecule has 1 N–H and O–H groups in total. The Labute approximate surface area is 154 Å². The Kier molecular flexibility index (Phi) is 6.67. The Bertz CT molecular complexity index is 916. The SMILES string of the molecule is O=C(CCNS(=O)(=O)c1cccc(Cl)c1)OCc1ccccc1[N+](=O)[O-]. The molecule has 0 saturated carbocycles. The molecule has 0 radical (unpaired) electrons. The highest BCUT2D eigenvalue weighted by molar-refractivity contribution is 7.89. The molecule has 10 heteroatoms. The van der Waals surface area contributed by atoms with Gasteiger partial charge in [0.15, 0.2) is 0 Å². The van der Waals surface area contributed by atoms with Gasteiger partial charge in [-0.1, -0.05) is 29.8 Å². The minimum atomic E-state index is -3.80. The number of rotatable bonds is 8. The number of nitro benzene ring substituents is 1. The van der Waals surface area contributed by atoms with Crippen molar-refractivity contribution >= 4 is 33.3 Å². The summed E-state index contributed by atoms with van der Waals surface area (Å²) < 4.78 is 31.4. The topological polar surface area (TPSA) is 116 Å². The Morgan fingerprint density at radius 3 is 2.62 bits per heavy atom. The lowest BCUT2D eigenvalue weighted by atomic mass is 10.2. The quantitative estimate of drug-likeness (QED) is 0.415. The summed E-state index contributed by atoms with van der Waals surface area (Å²) in [5.74, 6) is -0.683. The summed E-state index contributed by atoms with van der Waals surface area (Å²) in [6.07, 6.45) is -0.222. The summed E-state index contributed by atoms with van der Waals surface area (Å²) in [7, 11) is -3.80. The van der Waals surface area contributed by atoms with Crippen molar-refractivity contribution in [2.45, 2.75) is 17.9 Å². The van der Waals surface area contributed by atoms with Crippen LogP contribution in [0, 0.1) is 10.1 Å². The number of carbonyl (C=O) groups is 1. The van der Waals surface area contributed by atoms with Crippen molar-refractivity contribution in [2.75, 3.05) is 6.54 Å². The number of nitro groups is 1. The van der Waals surface area contributed by atoms with Gasteiger partial charge in [0, 0.05) is 17.6 Å². The maximum absolute atomic E-state index is 12.1. The molecule has 0 atom stereocenters. The monoisotopic (exact) mass is 398 g/mol. The van der Waals surface area contributed by atoms with Crippen LogP contribution in [0.25, 0.3) is 0 Å². The second kappa shape index (κ2) is 8.75. The van der Waals surface area contributed by atoms with Crippen molar-refractivity contribution in [3.8, 4) is 0 Å². The molecule has 8 nitrogen and oxygen atoms in total. The molecule has 2 aromatic carbocycles. The fourth-order valence-electron chi connectivity index (χ4n) is 2.05. The van der Waals surface area contributed by atoms with Crippen LogP contribution in [0.15, 0.2) is 53.4 Å². The van der Waals surface area contributed by atoms with E-state index < -0.39 is 20.9 Å². The molecule has 26 heavy (non-hydrogen) atoms. The van der Waals surface area contributed by atoms with Crippen LogP contribution in [-0.2, 0) is 26.2 Å². The average molecular weight is 399 g/mol. The molecule has 0 aliphatic carbocycles. The Hall–Kier alpha value is -2.49. The molecule has 0 saturated heterocycles. The number of hydrogen-bond acceptors (Lipinski definition) is 6.